The first kappa shape index (κ1) is 13.7. The van der Waals surface area contributed by atoms with Gasteiger partial charge in [-0.15, -0.1) is 0 Å². The molecule has 0 bridgehead atoms. The van der Waals surface area contributed by atoms with Crippen LogP contribution in [0.5, 0.6) is 0 Å². The fourth-order valence-corrected chi connectivity index (χ4v) is 1.80. The first-order valence-electron chi connectivity index (χ1n) is 5.88. The largest absolute Gasteiger partial charge is 0.340 e. The Kier molecular flexibility index (Phi) is 4.69. The summed E-state index contributed by atoms with van der Waals surface area (Å²) in [5, 5.41) is 4.07. The third-order valence-electron chi connectivity index (χ3n) is 2.60. The number of carbonyl (C=O) groups is 1. The van der Waals surface area contributed by atoms with Gasteiger partial charge in [0.05, 0.1) is 12.2 Å². The highest BCUT2D eigenvalue weighted by atomic mass is 16.2. The van der Waals surface area contributed by atoms with Crippen molar-refractivity contribution in [1.29, 1.82) is 0 Å². The van der Waals surface area contributed by atoms with Crippen molar-refractivity contribution in [3.8, 4) is 0 Å². The Bertz CT molecular complexity index is 372. The van der Waals surface area contributed by atoms with E-state index in [0.717, 1.165) is 12.0 Å². The summed E-state index contributed by atoms with van der Waals surface area (Å²) >= 11 is 0. The average molecular weight is 238 g/mol. The van der Waals surface area contributed by atoms with Crippen LogP contribution in [0.3, 0.4) is 0 Å². The zero-order valence-corrected chi connectivity index (χ0v) is 11.1. The second kappa shape index (κ2) is 5.82. The van der Waals surface area contributed by atoms with E-state index >= 15 is 0 Å². The van der Waals surface area contributed by atoms with E-state index in [1.165, 1.54) is 0 Å². The van der Waals surface area contributed by atoms with Crippen LogP contribution in [0.1, 0.15) is 25.8 Å². The van der Waals surface area contributed by atoms with Gasteiger partial charge in [0.25, 0.3) is 0 Å². The van der Waals surface area contributed by atoms with Gasteiger partial charge >= 0.3 is 0 Å². The Hall–Kier alpha value is -1.36. The molecule has 17 heavy (non-hydrogen) atoms. The lowest BCUT2D eigenvalue weighted by Gasteiger charge is -2.21. The fourth-order valence-electron chi connectivity index (χ4n) is 1.80. The quantitative estimate of drug-likeness (QED) is 0.823. The first-order chi connectivity index (χ1) is 7.90. The maximum atomic E-state index is 12.0. The molecule has 1 aromatic rings. The van der Waals surface area contributed by atoms with Crippen molar-refractivity contribution < 1.29 is 4.79 Å². The zero-order valence-electron chi connectivity index (χ0n) is 11.1. The Morgan fingerprint density at radius 1 is 1.59 bits per heavy atom. The summed E-state index contributed by atoms with van der Waals surface area (Å²) in [6, 6.07) is -0.406. The number of likely N-dealkylation sites (N-methyl/N-ethyl adjacent to an activating group) is 1. The predicted octanol–water partition coefficient (Wildman–Crippen LogP) is 0.752. The van der Waals surface area contributed by atoms with E-state index in [-0.39, 0.29) is 5.91 Å². The van der Waals surface area contributed by atoms with E-state index in [9.17, 15) is 4.79 Å². The second-order valence-electron chi connectivity index (χ2n) is 4.95. The lowest BCUT2D eigenvalue weighted by atomic mass is 10.0. The van der Waals surface area contributed by atoms with Gasteiger partial charge in [-0.1, -0.05) is 13.8 Å². The molecule has 2 N–H and O–H groups in total. The second-order valence-corrected chi connectivity index (χ2v) is 4.95. The van der Waals surface area contributed by atoms with Crippen molar-refractivity contribution in [2.75, 3.05) is 7.05 Å². The molecule has 5 heteroatoms. The molecule has 0 aliphatic rings. The van der Waals surface area contributed by atoms with Gasteiger partial charge in [0.2, 0.25) is 5.91 Å². The smallest absolute Gasteiger partial charge is 0.239 e. The van der Waals surface area contributed by atoms with Gasteiger partial charge in [0.15, 0.2) is 0 Å². The van der Waals surface area contributed by atoms with E-state index in [1.54, 1.807) is 22.8 Å². The highest BCUT2D eigenvalue weighted by molar-refractivity contribution is 5.81. The van der Waals surface area contributed by atoms with E-state index in [1.807, 2.05) is 13.2 Å². The Labute approximate surface area is 103 Å². The number of nitrogens with zero attached hydrogens (tertiary/aromatic N) is 3. The number of hydrogen-bond acceptors (Lipinski definition) is 3. The number of rotatable bonds is 5. The van der Waals surface area contributed by atoms with Gasteiger partial charge < -0.3 is 10.6 Å². The van der Waals surface area contributed by atoms with Gasteiger partial charge in [-0.2, -0.15) is 5.10 Å². The molecule has 1 amide bonds. The van der Waals surface area contributed by atoms with Crippen LogP contribution < -0.4 is 5.73 Å². The van der Waals surface area contributed by atoms with Crippen molar-refractivity contribution in [3.63, 3.8) is 0 Å². The van der Waals surface area contributed by atoms with Crippen molar-refractivity contribution in [2.45, 2.75) is 32.9 Å². The highest BCUT2D eigenvalue weighted by Gasteiger charge is 2.19. The lowest BCUT2D eigenvalue weighted by Crippen LogP contribution is -2.42. The summed E-state index contributed by atoms with van der Waals surface area (Å²) in [4.78, 5) is 13.6. The molecular formula is C12H22N4O. The number of hydrogen-bond donors (Lipinski definition) is 1. The topological polar surface area (TPSA) is 64.2 Å². The van der Waals surface area contributed by atoms with Crippen LogP contribution in [0.15, 0.2) is 12.4 Å². The number of aromatic nitrogens is 2. The molecule has 5 nitrogen and oxygen atoms in total. The summed E-state index contributed by atoms with van der Waals surface area (Å²) < 4.78 is 1.72. The van der Waals surface area contributed by atoms with Gasteiger partial charge in [-0.25, -0.2) is 0 Å². The van der Waals surface area contributed by atoms with E-state index in [2.05, 4.69) is 18.9 Å². The molecule has 96 valence electrons. The maximum absolute atomic E-state index is 12.0. The van der Waals surface area contributed by atoms with Crippen molar-refractivity contribution in [1.82, 2.24) is 14.7 Å². The van der Waals surface area contributed by atoms with E-state index < -0.39 is 6.04 Å². The van der Waals surface area contributed by atoms with E-state index in [0.29, 0.717) is 12.5 Å². The molecule has 0 aromatic carbocycles. The van der Waals surface area contributed by atoms with Gasteiger partial charge in [0.1, 0.15) is 0 Å². The monoisotopic (exact) mass is 238 g/mol. The Morgan fingerprint density at radius 2 is 2.24 bits per heavy atom. The molecule has 0 aliphatic heterocycles. The lowest BCUT2D eigenvalue weighted by molar-refractivity contribution is -0.132. The Morgan fingerprint density at radius 3 is 2.71 bits per heavy atom. The van der Waals surface area contributed by atoms with Crippen molar-refractivity contribution in [3.05, 3.63) is 18.0 Å². The molecule has 0 fully saturated rings. The molecular weight excluding hydrogens is 216 g/mol. The van der Waals surface area contributed by atoms with Crippen LogP contribution in [0, 0.1) is 5.92 Å². The first-order valence-corrected chi connectivity index (χ1v) is 5.88. The zero-order chi connectivity index (χ0) is 13.0. The number of nitrogens with two attached hydrogens (primary N) is 1. The summed E-state index contributed by atoms with van der Waals surface area (Å²) in [5.41, 5.74) is 6.88. The molecule has 1 aromatic heterocycles. The molecule has 0 aliphatic carbocycles. The third-order valence-corrected chi connectivity index (χ3v) is 2.60. The molecule has 0 spiro atoms. The number of amides is 1. The Balaban J connectivity index is 2.52. The summed E-state index contributed by atoms with van der Waals surface area (Å²) in [6.45, 7) is 4.68. The molecule has 0 saturated heterocycles. The maximum Gasteiger partial charge on any atom is 0.239 e. The normalized spacial score (nSPS) is 12.8. The van der Waals surface area contributed by atoms with Crippen LogP contribution in [0.25, 0.3) is 0 Å². The minimum atomic E-state index is -0.406. The van der Waals surface area contributed by atoms with Gasteiger partial charge in [-0.3, -0.25) is 9.48 Å². The van der Waals surface area contributed by atoms with Crippen LogP contribution in [-0.4, -0.2) is 33.7 Å². The highest BCUT2D eigenvalue weighted by Crippen LogP contribution is 2.07. The molecule has 1 heterocycles. The predicted molar refractivity (Wildman–Crippen MR) is 67.1 cm³/mol. The van der Waals surface area contributed by atoms with Gasteiger partial charge in [0, 0.05) is 32.4 Å². The minimum absolute atomic E-state index is 0.0115. The van der Waals surface area contributed by atoms with Crippen molar-refractivity contribution >= 4 is 5.91 Å². The SMILES string of the molecule is CC(C)C[C@H](N)C(=O)N(C)Cc1cnn(C)c1. The fraction of sp³-hybridized carbons (Fsp3) is 0.667. The standard InChI is InChI=1S/C12H22N4O/c1-9(2)5-11(13)12(17)15(3)7-10-6-14-16(4)8-10/h6,8-9,11H,5,7,13H2,1-4H3/t11-/m0/s1. The summed E-state index contributed by atoms with van der Waals surface area (Å²) in [5.74, 6) is 0.420. The number of carbonyl (C=O) groups excluding carboxylic acids is 1. The molecule has 0 radical (unpaired) electrons. The molecule has 1 atom stereocenters. The molecule has 1 rings (SSSR count). The van der Waals surface area contributed by atoms with E-state index in [4.69, 9.17) is 5.73 Å². The van der Waals surface area contributed by atoms with Crippen LogP contribution in [0.4, 0.5) is 0 Å². The minimum Gasteiger partial charge on any atom is -0.340 e. The molecule has 0 saturated carbocycles. The van der Waals surface area contributed by atoms with Gasteiger partial charge in [-0.05, 0) is 12.3 Å². The average Bonchev–Trinajstić information content (AvgIpc) is 2.61. The van der Waals surface area contributed by atoms with Crippen LogP contribution in [0.2, 0.25) is 0 Å². The number of aryl methyl sites for hydroxylation is 1. The third kappa shape index (κ3) is 4.19. The van der Waals surface area contributed by atoms with Crippen molar-refractivity contribution in [2.24, 2.45) is 18.7 Å². The summed E-state index contributed by atoms with van der Waals surface area (Å²) in [7, 11) is 3.63. The van der Waals surface area contributed by atoms with Crippen LogP contribution in [-0.2, 0) is 18.4 Å². The molecule has 0 unspecified atom stereocenters. The summed E-state index contributed by atoms with van der Waals surface area (Å²) in [6.07, 6.45) is 4.38. The van der Waals surface area contributed by atoms with Crippen LogP contribution >= 0.6 is 0 Å².